The van der Waals surface area contributed by atoms with Crippen molar-refractivity contribution >= 4 is 5.91 Å². The van der Waals surface area contributed by atoms with E-state index < -0.39 is 61.5 Å². The predicted molar refractivity (Wildman–Crippen MR) is 287 cm³/mol. The molecule has 1 fully saturated rings. The number of unbranched alkanes of at least 4 members (excludes halogenated alkanes) is 32. The quantitative estimate of drug-likeness (QED) is 0.0232. The van der Waals surface area contributed by atoms with Crippen LogP contribution in [0.5, 0.6) is 0 Å². The van der Waals surface area contributed by atoms with Crippen molar-refractivity contribution < 1.29 is 44.9 Å². The zero-order valence-corrected chi connectivity index (χ0v) is 44.4. The molecular formula is C59H109NO9. The van der Waals surface area contributed by atoms with Crippen LogP contribution in [0.4, 0.5) is 0 Å². The number of aliphatic hydroxyl groups is 6. The second-order valence-electron chi connectivity index (χ2n) is 20.2. The molecule has 7 N–H and O–H groups in total. The van der Waals surface area contributed by atoms with Crippen LogP contribution in [0.1, 0.15) is 258 Å². The molecule has 10 heteroatoms. The van der Waals surface area contributed by atoms with E-state index in [4.69, 9.17) is 9.47 Å². The molecule has 0 aliphatic carbocycles. The van der Waals surface area contributed by atoms with Gasteiger partial charge in [0.25, 0.3) is 0 Å². The van der Waals surface area contributed by atoms with Gasteiger partial charge in [-0.05, 0) is 64.2 Å². The van der Waals surface area contributed by atoms with E-state index >= 15 is 0 Å². The number of amides is 1. The number of aliphatic hydroxyl groups excluding tert-OH is 6. The maximum absolute atomic E-state index is 13.1. The largest absolute Gasteiger partial charge is 0.394 e. The Kier molecular flexibility index (Phi) is 45.7. The van der Waals surface area contributed by atoms with Gasteiger partial charge in [0.2, 0.25) is 5.91 Å². The number of carbonyl (C=O) groups excluding carboxylic acids is 1. The lowest BCUT2D eigenvalue weighted by molar-refractivity contribution is -0.302. The Hall–Kier alpha value is -1.89. The van der Waals surface area contributed by atoms with Gasteiger partial charge in [0.1, 0.15) is 30.5 Å². The van der Waals surface area contributed by atoms with E-state index in [1.54, 1.807) is 6.08 Å². The lowest BCUT2D eigenvalue weighted by atomic mass is 9.99. The van der Waals surface area contributed by atoms with Crippen molar-refractivity contribution in [3.05, 3.63) is 48.6 Å². The van der Waals surface area contributed by atoms with E-state index in [9.17, 15) is 35.4 Å². The van der Waals surface area contributed by atoms with Crippen LogP contribution >= 0.6 is 0 Å². The second kappa shape index (κ2) is 48.4. The minimum absolute atomic E-state index is 0.301. The highest BCUT2D eigenvalue weighted by molar-refractivity contribution is 5.80. The van der Waals surface area contributed by atoms with Crippen molar-refractivity contribution in [1.82, 2.24) is 5.32 Å². The average Bonchev–Trinajstić information content (AvgIpc) is 3.35. The molecule has 69 heavy (non-hydrogen) atoms. The lowest BCUT2D eigenvalue weighted by Gasteiger charge is -2.40. The number of hydrogen-bond acceptors (Lipinski definition) is 9. The first kappa shape index (κ1) is 65.1. The first-order valence-electron chi connectivity index (χ1n) is 29.0. The predicted octanol–water partition coefficient (Wildman–Crippen LogP) is 13.1. The Morgan fingerprint density at radius 1 is 0.507 bits per heavy atom. The molecule has 8 unspecified atom stereocenters. The highest BCUT2D eigenvalue weighted by atomic mass is 16.7. The van der Waals surface area contributed by atoms with E-state index in [1.807, 2.05) is 6.08 Å². The van der Waals surface area contributed by atoms with Gasteiger partial charge in [0.05, 0.1) is 25.4 Å². The first-order valence-corrected chi connectivity index (χ1v) is 29.0. The van der Waals surface area contributed by atoms with Gasteiger partial charge >= 0.3 is 0 Å². The molecule has 1 aliphatic heterocycles. The molecule has 8 atom stereocenters. The number of allylic oxidation sites excluding steroid dienone is 7. The molecule has 0 saturated carbocycles. The second-order valence-corrected chi connectivity index (χ2v) is 20.2. The van der Waals surface area contributed by atoms with E-state index in [-0.39, 0.29) is 6.61 Å². The molecule has 0 bridgehead atoms. The molecule has 0 aromatic carbocycles. The van der Waals surface area contributed by atoms with Crippen molar-refractivity contribution in [2.45, 2.75) is 307 Å². The Morgan fingerprint density at radius 2 is 0.899 bits per heavy atom. The minimum atomic E-state index is -1.62. The van der Waals surface area contributed by atoms with Crippen LogP contribution in [-0.4, -0.2) is 98.7 Å². The van der Waals surface area contributed by atoms with Gasteiger partial charge in [-0.2, -0.15) is 0 Å². The number of carbonyl (C=O) groups is 1. The van der Waals surface area contributed by atoms with Crippen molar-refractivity contribution in [3.63, 3.8) is 0 Å². The number of rotatable bonds is 49. The van der Waals surface area contributed by atoms with Crippen molar-refractivity contribution in [1.29, 1.82) is 0 Å². The Labute approximate surface area is 423 Å². The Balaban J connectivity index is 2.25. The van der Waals surface area contributed by atoms with Gasteiger partial charge in [0.15, 0.2) is 6.29 Å². The third kappa shape index (κ3) is 37.5. The van der Waals surface area contributed by atoms with Crippen molar-refractivity contribution in [3.8, 4) is 0 Å². The molecule has 0 aromatic rings. The standard InChI is InChI=1S/C59H109NO9/c1-3-5-7-9-11-13-15-17-19-21-22-23-24-25-26-27-28-29-30-31-32-34-36-38-40-42-44-46-48-53(63)58(67)60-51(50-68-59-57(66)56(65)55(64)54(49-61)69-59)52(62)47-45-43-41-39-37-35-33-20-18-16-14-12-10-8-6-4-2/h22-23,25-26,37,39,45,47,51-57,59,61-66H,3-21,24,27-36,38,40-44,46,48-50H2,1-2H3,(H,60,67)/b23-22-,26-25-,39-37+,47-45+. The molecule has 10 nitrogen and oxygen atoms in total. The van der Waals surface area contributed by atoms with Gasteiger partial charge in [-0.15, -0.1) is 0 Å². The van der Waals surface area contributed by atoms with Crippen LogP contribution in [0.25, 0.3) is 0 Å². The van der Waals surface area contributed by atoms with E-state index in [0.29, 0.717) is 19.3 Å². The molecule has 1 rings (SSSR count). The molecule has 1 saturated heterocycles. The smallest absolute Gasteiger partial charge is 0.249 e. The third-order valence-corrected chi connectivity index (χ3v) is 13.7. The summed E-state index contributed by atoms with van der Waals surface area (Å²) < 4.78 is 11.2. The monoisotopic (exact) mass is 976 g/mol. The van der Waals surface area contributed by atoms with E-state index in [2.05, 4.69) is 55.6 Å². The molecule has 1 heterocycles. The SMILES string of the molecule is CCCCCCCCCCC/C=C\C/C=C\CCCCCCCCCCCCCCC(O)C(=O)NC(COC1OC(CO)C(O)C(O)C1O)C(O)/C=C/CC/C=C/CCCCCCCCCCCC. The van der Waals surface area contributed by atoms with Gasteiger partial charge in [-0.3, -0.25) is 4.79 Å². The lowest BCUT2D eigenvalue weighted by Crippen LogP contribution is -2.60. The summed E-state index contributed by atoms with van der Waals surface area (Å²) >= 11 is 0. The summed E-state index contributed by atoms with van der Waals surface area (Å²) in [4.78, 5) is 13.1. The summed E-state index contributed by atoms with van der Waals surface area (Å²) in [6, 6.07) is -0.999. The molecular weight excluding hydrogens is 867 g/mol. The summed E-state index contributed by atoms with van der Waals surface area (Å²) in [6.45, 7) is 3.61. The van der Waals surface area contributed by atoms with Gasteiger partial charge in [0, 0.05) is 0 Å². The molecule has 0 aromatic heterocycles. The van der Waals surface area contributed by atoms with Crippen LogP contribution in [-0.2, 0) is 14.3 Å². The van der Waals surface area contributed by atoms with Gasteiger partial charge < -0.3 is 45.4 Å². The van der Waals surface area contributed by atoms with Crippen molar-refractivity contribution in [2.75, 3.05) is 13.2 Å². The highest BCUT2D eigenvalue weighted by Crippen LogP contribution is 2.23. The summed E-state index contributed by atoms with van der Waals surface area (Å²) in [5.41, 5.74) is 0. The molecule has 404 valence electrons. The fourth-order valence-corrected chi connectivity index (χ4v) is 9.03. The Bertz CT molecular complexity index is 1240. The fourth-order valence-electron chi connectivity index (χ4n) is 9.03. The van der Waals surface area contributed by atoms with Crippen molar-refractivity contribution in [2.24, 2.45) is 0 Å². The normalized spacial score (nSPS) is 20.3. The topological polar surface area (TPSA) is 169 Å². The molecule has 0 radical (unpaired) electrons. The number of hydrogen-bond donors (Lipinski definition) is 7. The zero-order chi connectivity index (χ0) is 50.3. The van der Waals surface area contributed by atoms with Gasteiger partial charge in [-0.1, -0.05) is 242 Å². The minimum Gasteiger partial charge on any atom is -0.394 e. The third-order valence-electron chi connectivity index (χ3n) is 13.7. The van der Waals surface area contributed by atoms with Crippen LogP contribution < -0.4 is 5.32 Å². The van der Waals surface area contributed by atoms with E-state index in [1.165, 1.54) is 186 Å². The summed E-state index contributed by atoms with van der Waals surface area (Å²) in [5, 5.41) is 65.0. The molecule has 0 spiro atoms. The number of ether oxygens (including phenoxy) is 2. The van der Waals surface area contributed by atoms with Crippen LogP contribution in [0.15, 0.2) is 48.6 Å². The summed E-state index contributed by atoms with van der Waals surface area (Å²) in [5.74, 6) is -0.626. The van der Waals surface area contributed by atoms with Crippen LogP contribution in [0, 0.1) is 0 Å². The maximum Gasteiger partial charge on any atom is 0.249 e. The van der Waals surface area contributed by atoms with Crippen LogP contribution in [0.3, 0.4) is 0 Å². The van der Waals surface area contributed by atoms with Crippen LogP contribution in [0.2, 0.25) is 0 Å². The summed E-state index contributed by atoms with van der Waals surface area (Å²) in [7, 11) is 0. The highest BCUT2D eigenvalue weighted by Gasteiger charge is 2.44. The van der Waals surface area contributed by atoms with E-state index in [0.717, 1.165) is 38.5 Å². The summed E-state index contributed by atoms with van der Waals surface area (Å²) in [6.07, 6.45) is 53.6. The average molecular weight is 977 g/mol. The molecule has 1 aliphatic rings. The van der Waals surface area contributed by atoms with Gasteiger partial charge in [-0.25, -0.2) is 0 Å². The maximum atomic E-state index is 13.1. The fraction of sp³-hybridized carbons (Fsp3) is 0.847. The number of nitrogens with one attached hydrogen (secondary N) is 1. The Morgan fingerprint density at radius 3 is 1.35 bits per heavy atom. The first-order chi connectivity index (χ1) is 33.8. The zero-order valence-electron chi connectivity index (χ0n) is 44.4. The molecule has 1 amide bonds.